The minimum atomic E-state index is 0.412. The smallest absolute Gasteiger partial charge is 0.0440 e. The summed E-state index contributed by atoms with van der Waals surface area (Å²) in [5, 5.41) is 6.23. The molecule has 1 aliphatic rings. The number of hydrogen-bond donors (Lipinski definition) is 1. The van der Waals surface area contributed by atoms with Crippen molar-refractivity contribution in [2.24, 2.45) is 17.3 Å². The molecular weight excluding hydrogens is 262 g/mol. The Morgan fingerprint density at radius 1 is 1.20 bits per heavy atom. The average Bonchev–Trinajstić information content (AvgIpc) is 2.88. The van der Waals surface area contributed by atoms with Crippen molar-refractivity contribution in [1.29, 1.82) is 0 Å². The molecule has 1 nitrogen and oxygen atoms in total. The first-order valence-electron chi connectivity index (χ1n) is 8.19. The van der Waals surface area contributed by atoms with Gasteiger partial charge in [-0.05, 0) is 41.5 Å². The molecule has 0 aliphatic heterocycles. The van der Waals surface area contributed by atoms with Crippen LogP contribution in [-0.4, -0.2) is 6.04 Å². The minimum Gasteiger partial charge on any atom is -0.306 e. The van der Waals surface area contributed by atoms with Gasteiger partial charge in [-0.15, -0.1) is 11.3 Å². The Bertz CT molecular complexity index is 388. The lowest BCUT2D eigenvalue weighted by Gasteiger charge is -2.43. The van der Waals surface area contributed by atoms with Crippen molar-refractivity contribution in [1.82, 2.24) is 5.32 Å². The van der Waals surface area contributed by atoms with E-state index in [-0.39, 0.29) is 0 Å². The lowest BCUT2D eigenvalue weighted by Crippen LogP contribution is -2.46. The summed E-state index contributed by atoms with van der Waals surface area (Å²) in [6.07, 6.45) is 5.53. The Kier molecular flexibility index (Phi) is 5.30. The summed E-state index contributed by atoms with van der Waals surface area (Å²) in [7, 11) is 0. The molecule has 0 spiro atoms. The summed E-state index contributed by atoms with van der Waals surface area (Å²) < 4.78 is 0. The van der Waals surface area contributed by atoms with Crippen LogP contribution in [0, 0.1) is 17.3 Å². The van der Waals surface area contributed by atoms with Crippen LogP contribution in [0.4, 0.5) is 0 Å². The molecule has 1 N–H and O–H groups in total. The predicted octanol–water partition coefficient (Wildman–Crippen LogP) is 5.64. The molecule has 1 saturated carbocycles. The SMILES string of the molecule is CC(C)C(NC1CCCCC1C(C)(C)C)c1cccs1. The molecule has 1 aromatic heterocycles. The third-order valence-electron chi connectivity index (χ3n) is 4.79. The van der Waals surface area contributed by atoms with Crippen LogP contribution in [-0.2, 0) is 0 Å². The zero-order valence-corrected chi connectivity index (χ0v) is 14.6. The van der Waals surface area contributed by atoms with E-state index >= 15 is 0 Å². The van der Waals surface area contributed by atoms with Gasteiger partial charge in [-0.25, -0.2) is 0 Å². The molecule has 0 aromatic carbocycles. The molecule has 1 fully saturated rings. The second-order valence-corrected chi connectivity index (χ2v) is 8.75. The van der Waals surface area contributed by atoms with Crippen LogP contribution in [0.25, 0.3) is 0 Å². The van der Waals surface area contributed by atoms with Gasteiger partial charge in [0.2, 0.25) is 0 Å². The van der Waals surface area contributed by atoms with E-state index in [1.54, 1.807) is 0 Å². The number of rotatable bonds is 4. The predicted molar refractivity (Wildman–Crippen MR) is 90.2 cm³/mol. The molecular formula is C18H31NS. The molecule has 0 saturated heterocycles. The Morgan fingerprint density at radius 3 is 2.45 bits per heavy atom. The number of hydrogen-bond acceptors (Lipinski definition) is 2. The second-order valence-electron chi connectivity index (χ2n) is 7.77. The lowest BCUT2D eigenvalue weighted by molar-refractivity contribution is 0.117. The first-order valence-corrected chi connectivity index (χ1v) is 9.07. The average molecular weight is 294 g/mol. The molecule has 0 amide bonds. The van der Waals surface area contributed by atoms with Gasteiger partial charge in [0.25, 0.3) is 0 Å². The largest absolute Gasteiger partial charge is 0.306 e. The second kappa shape index (κ2) is 6.62. The molecule has 20 heavy (non-hydrogen) atoms. The summed E-state index contributed by atoms with van der Waals surface area (Å²) in [5.41, 5.74) is 0.412. The van der Waals surface area contributed by atoms with E-state index in [1.807, 2.05) is 11.3 Å². The fraction of sp³-hybridized carbons (Fsp3) is 0.778. The topological polar surface area (TPSA) is 12.0 Å². The van der Waals surface area contributed by atoms with Crippen LogP contribution < -0.4 is 5.32 Å². The lowest BCUT2D eigenvalue weighted by atomic mass is 9.69. The van der Waals surface area contributed by atoms with E-state index in [0.29, 0.717) is 23.4 Å². The highest BCUT2D eigenvalue weighted by Gasteiger charge is 2.35. The third-order valence-corrected chi connectivity index (χ3v) is 5.74. The Labute approximate surface area is 129 Å². The zero-order chi connectivity index (χ0) is 14.8. The van der Waals surface area contributed by atoms with Gasteiger partial charge in [0.1, 0.15) is 0 Å². The van der Waals surface area contributed by atoms with Crippen LogP contribution in [0.3, 0.4) is 0 Å². The van der Waals surface area contributed by atoms with E-state index in [0.717, 1.165) is 5.92 Å². The molecule has 0 bridgehead atoms. The molecule has 114 valence electrons. The van der Waals surface area contributed by atoms with Gasteiger partial charge in [-0.1, -0.05) is 53.5 Å². The van der Waals surface area contributed by atoms with E-state index in [9.17, 15) is 0 Å². The van der Waals surface area contributed by atoms with Gasteiger partial charge in [0.15, 0.2) is 0 Å². The fourth-order valence-corrected chi connectivity index (χ4v) is 4.63. The quantitative estimate of drug-likeness (QED) is 0.757. The van der Waals surface area contributed by atoms with Crippen LogP contribution in [0.5, 0.6) is 0 Å². The van der Waals surface area contributed by atoms with Crippen LogP contribution in [0.1, 0.15) is 71.2 Å². The Balaban J connectivity index is 2.12. The molecule has 2 rings (SSSR count). The summed E-state index contributed by atoms with van der Waals surface area (Å²) >= 11 is 1.89. The summed E-state index contributed by atoms with van der Waals surface area (Å²) in [4.78, 5) is 1.50. The Hall–Kier alpha value is -0.340. The number of nitrogens with one attached hydrogen (secondary N) is 1. The molecule has 2 heteroatoms. The fourth-order valence-electron chi connectivity index (χ4n) is 3.67. The van der Waals surface area contributed by atoms with Crippen molar-refractivity contribution in [3.8, 4) is 0 Å². The molecule has 1 aliphatic carbocycles. The minimum absolute atomic E-state index is 0.412. The van der Waals surface area contributed by atoms with Crippen molar-refractivity contribution in [3.05, 3.63) is 22.4 Å². The van der Waals surface area contributed by atoms with Crippen LogP contribution in [0.15, 0.2) is 17.5 Å². The van der Waals surface area contributed by atoms with Gasteiger partial charge in [0.05, 0.1) is 0 Å². The van der Waals surface area contributed by atoms with E-state index < -0.39 is 0 Å². The summed E-state index contributed by atoms with van der Waals surface area (Å²) in [6.45, 7) is 11.9. The highest BCUT2D eigenvalue weighted by Crippen LogP contribution is 2.39. The van der Waals surface area contributed by atoms with Crippen LogP contribution >= 0.6 is 11.3 Å². The maximum atomic E-state index is 4.02. The maximum absolute atomic E-state index is 4.02. The van der Waals surface area contributed by atoms with Gasteiger partial charge >= 0.3 is 0 Å². The van der Waals surface area contributed by atoms with E-state index in [2.05, 4.69) is 57.4 Å². The standard InChI is InChI=1S/C18H31NS/c1-13(2)17(16-11-8-12-20-16)19-15-10-7-6-9-14(15)18(3,4)5/h8,11-15,17,19H,6-7,9-10H2,1-5H3. The van der Waals surface area contributed by atoms with Crippen molar-refractivity contribution in [2.45, 2.75) is 72.4 Å². The van der Waals surface area contributed by atoms with Crippen molar-refractivity contribution >= 4 is 11.3 Å². The first kappa shape index (κ1) is 16.0. The van der Waals surface area contributed by atoms with Crippen molar-refractivity contribution in [2.75, 3.05) is 0 Å². The van der Waals surface area contributed by atoms with Crippen LogP contribution in [0.2, 0.25) is 0 Å². The van der Waals surface area contributed by atoms with E-state index in [1.165, 1.54) is 30.6 Å². The van der Waals surface area contributed by atoms with Gasteiger partial charge in [-0.3, -0.25) is 0 Å². The molecule has 1 aromatic rings. The highest BCUT2D eigenvalue weighted by atomic mass is 32.1. The van der Waals surface area contributed by atoms with Crippen molar-refractivity contribution in [3.63, 3.8) is 0 Å². The number of thiophene rings is 1. The summed E-state index contributed by atoms with van der Waals surface area (Å²) in [6, 6.07) is 5.66. The zero-order valence-electron chi connectivity index (χ0n) is 13.8. The molecule has 1 heterocycles. The van der Waals surface area contributed by atoms with Crippen molar-refractivity contribution < 1.29 is 0 Å². The van der Waals surface area contributed by atoms with Gasteiger partial charge in [-0.2, -0.15) is 0 Å². The third kappa shape index (κ3) is 3.85. The molecule has 3 unspecified atom stereocenters. The van der Waals surface area contributed by atoms with E-state index in [4.69, 9.17) is 0 Å². The molecule has 0 radical (unpaired) electrons. The van der Waals surface area contributed by atoms with Gasteiger partial charge in [0, 0.05) is 17.0 Å². The highest BCUT2D eigenvalue weighted by molar-refractivity contribution is 7.10. The monoisotopic (exact) mass is 293 g/mol. The summed E-state index contributed by atoms with van der Waals surface area (Å²) in [5.74, 6) is 1.45. The first-order chi connectivity index (χ1) is 9.39. The van der Waals surface area contributed by atoms with Gasteiger partial charge < -0.3 is 5.32 Å². The Morgan fingerprint density at radius 2 is 1.90 bits per heavy atom. The maximum Gasteiger partial charge on any atom is 0.0440 e. The molecule has 3 atom stereocenters. The normalized spacial score (nSPS) is 25.9.